The summed E-state index contributed by atoms with van der Waals surface area (Å²) in [7, 11) is -3.88. The summed E-state index contributed by atoms with van der Waals surface area (Å²) < 4.78 is 36.8. The Hall–Kier alpha value is -1.73. The molecule has 1 heterocycles. The van der Waals surface area contributed by atoms with Gasteiger partial charge in [0.15, 0.2) is 0 Å². The summed E-state index contributed by atoms with van der Waals surface area (Å²) in [5.41, 5.74) is 0.164. The Morgan fingerprint density at radius 3 is 2.62 bits per heavy atom. The van der Waals surface area contributed by atoms with Gasteiger partial charge in [-0.15, -0.1) is 0 Å². The van der Waals surface area contributed by atoms with Crippen LogP contribution in [-0.2, 0) is 10.0 Å². The zero-order valence-corrected chi connectivity index (χ0v) is 8.86. The lowest BCUT2D eigenvalue weighted by Gasteiger charge is -2.04. The second-order valence-electron chi connectivity index (χ2n) is 3.11. The Morgan fingerprint density at radius 1 is 1.38 bits per heavy atom. The minimum absolute atomic E-state index is 0.164. The molecule has 0 unspecified atom stereocenters. The van der Waals surface area contributed by atoms with Gasteiger partial charge in [-0.2, -0.15) is 5.10 Å². The highest BCUT2D eigenvalue weighted by atomic mass is 32.2. The number of primary sulfonamides is 1. The fraction of sp³-hybridized carbons (Fsp3) is 0. The van der Waals surface area contributed by atoms with Crippen molar-refractivity contribution in [3.05, 3.63) is 42.5 Å². The third kappa shape index (κ3) is 1.95. The molecular formula is C9H8FN3O2S. The van der Waals surface area contributed by atoms with E-state index < -0.39 is 15.8 Å². The first kappa shape index (κ1) is 10.8. The van der Waals surface area contributed by atoms with E-state index in [1.165, 1.54) is 23.0 Å². The van der Waals surface area contributed by atoms with Gasteiger partial charge in [0, 0.05) is 12.4 Å². The van der Waals surface area contributed by atoms with E-state index in [4.69, 9.17) is 5.14 Å². The van der Waals surface area contributed by atoms with Gasteiger partial charge < -0.3 is 0 Å². The maximum Gasteiger partial charge on any atom is 0.238 e. The number of nitrogens with two attached hydrogens (primary N) is 1. The van der Waals surface area contributed by atoms with Crippen LogP contribution in [0, 0.1) is 5.82 Å². The van der Waals surface area contributed by atoms with Crippen LogP contribution in [-0.4, -0.2) is 18.2 Å². The number of sulfonamides is 1. The number of hydrogen-bond donors (Lipinski definition) is 1. The highest BCUT2D eigenvalue weighted by Crippen LogP contribution is 2.16. The number of nitrogens with zero attached hydrogens (tertiary/aromatic N) is 2. The molecule has 1 aromatic carbocycles. The molecule has 0 aliphatic heterocycles. The van der Waals surface area contributed by atoms with Gasteiger partial charge in [-0.1, -0.05) is 0 Å². The van der Waals surface area contributed by atoms with E-state index in [9.17, 15) is 12.8 Å². The van der Waals surface area contributed by atoms with Crippen molar-refractivity contribution in [1.82, 2.24) is 9.78 Å². The molecule has 5 nitrogen and oxygen atoms in total. The lowest BCUT2D eigenvalue weighted by molar-refractivity contribution is 0.588. The van der Waals surface area contributed by atoms with Crippen LogP contribution in [0.1, 0.15) is 0 Å². The molecule has 0 saturated carbocycles. The standard InChI is InChI=1S/C9H8FN3O2S/c10-8-6-7(16(11,14)15)2-3-9(8)13-5-1-4-12-13/h1-6H,(H2,11,14,15). The predicted octanol–water partition coefficient (Wildman–Crippen LogP) is 0.659. The molecule has 0 fully saturated rings. The predicted molar refractivity (Wildman–Crippen MR) is 54.9 cm³/mol. The lowest BCUT2D eigenvalue weighted by atomic mass is 10.3. The monoisotopic (exact) mass is 241 g/mol. The normalized spacial score (nSPS) is 11.6. The highest BCUT2D eigenvalue weighted by molar-refractivity contribution is 7.89. The Kier molecular flexibility index (Phi) is 2.49. The van der Waals surface area contributed by atoms with E-state index in [1.54, 1.807) is 12.3 Å². The lowest BCUT2D eigenvalue weighted by Crippen LogP contribution is -2.13. The van der Waals surface area contributed by atoms with Gasteiger partial charge in [-0.25, -0.2) is 22.6 Å². The molecule has 84 valence electrons. The minimum atomic E-state index is -3.88. The first-order chi connectivity index (χ1) is 7.48. The molecule has 0 bridgehead atoms. The molecule has 0 radical (unpaired) electrons. The molecule has 0 aliphatic carbocycles. The van der Waals surface area contributed by atoms with Gasteiger partial charge in [0.25, 0.3) is 0 Å². The minimum Gasteiger partial charge on any atom is -0.238 e. The molecule has 2 aromatic rings. The van der Waals surface area contributed by atoms with Crippen molar-refractivity contribution < 1.29 is 12.8 Å². The van der Waals surface area contributed by atoms with Crippen molar-refractivity contribution in [2.45, 2.75) is 4.90 Å². The molecule has 0 amide bonds. The summed E-state index contributed by atoms with van der Waals surface area (Å²) >= 11 is 0. The third-order valence-corrected chi connectivity index (χ3v) is 2.91. The van der Waals surface area contributed by atoms with Crippen LogP contribution in [0.2, 0.25) is 0 Å². The molecule has 2 rings (SSSR count). The van der Waals surface area contributed by atoms with E-state index in [0.717, 1.165) is 6.07 Å². The molecule has 0 aliphatic rings. The van der Waals surface area contributed by atoms with Crippen LogP contribution in [0.4, 0.5) is 4.39 Å². The number of aromatic nitrogens is 2. The van der Waals surface area contributed by atoms with E-state index in [0.29, 0.717) is 0 Å². The first-order valence-corrected chi connectivity index (χ1v) is 5.85. The second-order valence-corrected chi connectivity index (χ2v) is 4.67. The van der Waals surface area contributed by atoms with E-state index in [1.807, 2.05) is 0 Å². The summed E-state index contributed by atoms with van der Waals surface area (Å²) in [6.45, 7) is 0. The van der Waals surface area contributed by atoms with Crippen LogP contribution < -0.4 is 5.14 Å². The quantitative estimate of drug-likeness (QED) is 0.838. The zero-order chi connectivity index (χ0) is 11.8. The van der Waals surface area contributed by atoms with E-state index >= 15 is 0 Å². The summed E-state index contributed by atoms with van der Waals surface area (Å²) in [5.74, 6) is -0.699. The van der Waals surface area contributed by atoms with Crippen molar-refractivity contribution in [3.63, 3.8) is 0 Å². The van der Waals surface area contributed by atoms with Crippen molar-refractivity contribution in [3.8, 4) is 5.69 Å². The van der Waals surface area contributed by atoms with Gasteiger partial charge in [0.1, 0.15) is 11.5 Å². The van der Waals surface area contributed by atoms with Crippen molar-refractivity contribution >= 4 is 10.0 Å². The first-order valence-electron chi connectivity index (χ1n) is 4.31. The Morgan fingerprint density at radius 2 is 2.12 bits per heavy atom. The maximum atomic E-state index is 13.6. The smallest absolute Gasteiger partial charge is 0.238 e. The van der Waals surface area contributed by atoms with Gasteiger partial charge in [-0.05, 0) is 24.3 Å². The maximum absolute atomic E-state index is 13.6. The number of rotatable bonds is 2. The molecule has 1 aromatic heterocycles. The van der Waals surface area contributed by atoms with Gasteiger partial charge >= 0.3 is 0 Å². The van der Waals surface area contributed by atoms with Crippen molar-refractivity contribution in [2.24, 2.45) is 5.14 Å². The SMILES string of the molecule is NS(=O)(=O)c1ccc(-n2cccn2)c(F)c1. The van der Waals surface area contributed by atoms with Gasteiger partial charge in [0.05, 0.1) is 4.90 Å². The van der Waals surface area contributed by atoms with Crippen LogP contribution in [0.3, 0.4) is 0 Å². The molecule has 0 saturated heterocycles. The topological polar surface area (TPSA) is 78.0 Å². The number of benzene rings is 1. The van der Waals surface area contributed by atoms with Crippen LogP contribution >= 0.6 is 0 Å². The van der Waals surface area contributed by atoms with Crippen LogP contribution in [0.5, 0.6) is 0 Å². The average Bonchev–Trinajstić information content (AvgIpc) is 2.69. The van der Waals surface area contributed by atoms with Crippen molar-refractivity contribution in [2.75, 3.05) is 0 Å². The highest BCUT2D eigenvalue weighted by Gasteiger charge is 2.12. The number of hydrogen-bond acceptors (Lipinski definition) is 3. The molecule has 16 heavy (non-hydrogen) atoms. The molecule has 0 atom stereocenters. The fourth-order valence-electron chi connectivity index (χ4n) is 1.26. The van der Waals surface area contributed by atoms with Crippen LogP contribution in [0.15, 0.2) is 41.6 Å². The van der Waals surface area contributed by atoms with Gasteiger partial charge in [-0.3, -0.25) is 0 Å². The Labute approximate surface area is 91.4 Å². The fourth-order valence-corrected chi connectivity index (χ4v) is 1.79. The third-order valence-electron chi connectivity index (χ3n) is 2.00. The second kappa shape index (κ2) is 3.69. The number of halogens is 1. The molecular weight excluding hydrogens is 233 g/mol. The largest absolute Gasteiger partial charge is 0.238 e. The summed E-state index contributed by atoms with van der Waals surface area (Å²) in [5, 5.41) is 8.71. The van der Waals surface area contributed by atoms with Crippen LogP contribution in [0.25, 0.3) is 5.69 Å². The summed E-state index contributed by atoms with van der Waals surface area (Å²) in [4.78, 5) is -0.263. The summed E-state index contributed by atoms with van der Waals surface area (Å²) in [6, 6.07) is 5.04. The van der Waals surface area contributed by atoms with E-state index in [2.05, 4.69) is 5.10 Å². The molecule has 0 spiro atoms. The van der Waals surface area contributed by atoms with E-state index in [-0.39, 0.29) is 10.6 Å². The molecule has 2 N–H and O–H groups in total. The van der Waals surface area contributed by atoms with Gasteiger partial charge in [0.2, 0.25) is 10.0 Å². The molecule has 7 heteroatoms. The Bertz CT molecular complexity index is 608. The Balaban J connectivity index is 2.54. The summed E-state index contributed by atoms with van der Waals surface area (Å²) in [6.07, 6.45) is 3.04. The zero-order valence-electron chi connectivity index (χ0n) is 8.04. The van der Waals surface area contributed by atoms with Crippen molar-refractivity contribution in [1.29, 1.82) is 0 Å². The average molecular weight is 241 g/mol.